The number of fused-ring (bicyclic) bond motifs is 3. The van der Waals surface area contributed by atoms with Gasteiger partial charge in [-0.2, -0.15) is 0 Å². The first-order valence-electron chi connectivity index (χ1n) is 7.54. The van der Waals surface area contributed by atoms with Gasteiger partial charge >= 0.3 is 5.97 Å². The van der Waals surface area contributed by atoms with Crippen molar-refractivity contribution in [2.45, 2.75) is 37.3 Å². The zero-order valence-electron chi connectivity index (χ0n) is 11.7. The van der Waals surface area contributed by atoms with E-state index >= 15 is 0 Å². The molecule has 4 atom stereocenters. The monoisotopic (exact) mass is 286 g/mol. The zero-order valence-corrected chi connectivity index (χ0v) is 11.7. The highest BCUT2D eigenvalue weighted by Gasteiger charge is 2.52. The molecule has 5 heteroatoms. The molecule has 3 heterocycles. The SMILES string of the molecule is O=C(O)C1CC2CCC1N2C(=O)C1CNc2ccccc21. The van der Waals surface area contributed by atoms with Crippen molar-refractivity contribution in [1.82, 2.24) is 4.90 Å². The lowest BCUT2D eigenvalue weighted by atomic mass is 9.89. The maximum absolute atomic E-state index is 12.9. The van der Waals surface area contributed by atoms with E-state index in [1.54, 1.807) is 0 Å². The van der Waals surface area contributed by atoms with Crippen LogP contribution in [0, 0.1) is 5.92 Å². The number of hydrogen-bond acceptors (Lipinski definition) is 3. The minimum atomic E-state index is -0.759. The van der Waals surface area contributed by atoms with Gasteiger partial charge in [0.25, 0.3) is 0 Å². The second kappa shape index (κ2) is 4.48. The molecule has 0 spiro atoms. The van der Waals surface area contributed by atoms with Crippen molar-refractivity contribution in [3.63, 3.8) is 0 Å². The number of para-hydroxylation sites is 1. The molecule has 110 valence electrons. The minimum absolute atomic E-state index is 0.101. The number of carbonyl (C=O) groups is 2. The predicted molar refractivity (Wildman–Crippen MR) is 77.1 cm³/mol. The Morgan fingerprint density at radius 2 is 2.05 bits per heavy atom. The average molecular weight is 286 g/mol. The Balaban J connectivity index is 1.61. The molecule has 21 heavy (non-hydrogen) atoms. The number of nitrogens with zero attached hydrogens (tertiary/aromatic N) is 1. The van der Waals surface area contributed by atoms with Gasteiger partial charge in [-0.1, -0.05) is 18.2 Å². The third-order valence-electron chi connectivity index (χ3n) is 5.24. The van der Waals surface area contributed by atoms with Gasteiger partial charge in [-0.05, 0) is 30.9 Å². The molecule has 0 aromatic heterocycles. The molecule has 1 aromatic carbocycles. The zero-order chi connectivity index (χ0) is 14.6. The third kappa shape index (κ3) is 1.76. The van der Waals surface area contributed by atoms with E-state index in [0.717, 1.165) is 24.1 Å². The molecule has 3 aliphatic heterocycles. The molecule has 3 aliphatic rings. The van der Waals surface area contributed by atoms with E-state index in [2.05, 4.69) is 5.32 Å². The highest BCUT2D eigenvalue weighted by Crippen LogP contribution is 2.44. The Labute approximate surface area is 122 Å². The number of rotatable bonds is 2. The van der Waals surface area contributed by atoms with Crippen LogP contribution < -0.4 is 5.32 Å². The smallest absolute Gasteiger partial charge is 0.308 e. The maximum atomic E-state index is 12.9. The Morgan fingerprint density at radius 3 is 2.81 bits per heavy atom. The molecule has 1 amide bonds. The summed E-state index contributed by atoms with van der Waals surface area (Å²) in [7, 11) is 0. The van der Waals surface area contributed by atoms with E-state index in [-0.39, 0.29) is 29.8 Å². The summed E-state index contributed by atoms with van der Waals surface area (Å²) in [6, 6.07) is 7.90. The van der Waals surface area contributed by atoms with Crippen LogP contribution in [0.2, 0.25) is 0 Å². The average Bonchev–Trinajstić information content (AvgIpc) is 3.18. The van der Waals surface area contributed by atoms with E-state index in [4.69, 9.17) is 0 Å². The van der Waals surface area contributed by atoms with Crippen LogP contribution in [0.1, 0.15) is 30.7 Å². The number of hydrogen-bond donors (Lipinski definition) is 2. The lowest BCUT2D eigenvalue weighted by Gasteiger charge is -2.26. The van der Waals surface area contributed by atoms with Crippen molar-refractivity contribution < 1.29 is 14.7 Å². The van der Waals surface area contributed by atoms with E-state index in [0.29, 0.717) is 13.0 Å². The normalized spacial score (nSPS) is 32.9. The van der Waals surface area contributed by atoms with Crippen LogP contribution in [-0.4, -0.2) is 40.5 Å². The summed E-state index contributed by atoms with van der Waals surface area (Å²) >= 11 is 0. The number of aliphatic carboxylic acids is 1. The summed E-state index contributed by atoms with van der Waals surface area (Å²) in [6.45, 7) is 0.617. The van der Waals surface area contributed by atoms with E-state index in [9.17, 15) is 14.7 Å². The first-order valence-corrected chi connectivity index (χ1v) is 7.54. The molecule has 2 bridgehead atoms. The lowest BCUT2D eigenvalue weighted by molar-refractivity contribution is -0.143. The number of amides is 1. The van der Waals surface area contributed by atoms with Crippen LogP contribution in [0.4, 0.5) is 5.69 Å². The van der Waals surface area contributed by atoms with Gasteiger partial charge in [0.05, 0.1) is 11.8 Å². The first-order chi connectivity index (χ1) is 10.2. The van der Waals surface area contributed by atoms with E-state index in [1.807, 2.05) is 29.2 Å². The number of carbonyl (C=O) groups excluding carboxylic acids is 1. The van der Waals surface area contributed by atoms with Gasteiger partial charge in [-0.15, -0.1) is 0 Å². The second-order valence-corrected chi connectivity index (χ2v) is 6.25. The van der Waals surface area contributed by atoms with Gasteiger partial charge in [0.1, 0.15) is 0 Å². The van der Waals surface area contributed by atoms with Crippen LogP contribution in [0.25, 0.3) is 0 Å². The van der Waals surface area contributed by atoms with Crippen molar-refractivity contribution >= 4 is 17.6 Å². The maximum Gasteiger partial charge on any atom is 0.308 e. The molecule has 0 saturated carbocycles. The molecular formula is C16H18N2O3. The summed E-state index contributed by atoms with van der Waals surface area (Å²) in [6.07, 6.45) is 2.39. The third-order valence-corrected chi connectivity index (χ3v) is 5.24. The fourth-order valence-electron chi connectivity index (χ4n) is 4.28. The van der Waals surface area contributed by atoms with E-state index < -0.39 is 5.97 Å². The summed E-state index contributed by atoms with van der Waals surface area (Å²) in [5.74, 6) is -1.21. The molecular weight excluding hydrogens is 268 g/mol. The standard InChI is InChI=1S/C16H18N2O3/c19-15(12-8-17-13-4-2-1-3-10(12)13)18-9-5-6-14(18)11(7-9)16(20)21/h1-4,9,11-12,14,17H,5-8H2,(H,20,21). The Bertz CT molecular complexity index is 615. The summed E-state index contributed by atoms with van der Waals surface area (Å²) in [4.78, 5) is 26.1. The number of carboxylic acids is 1. The van der Waals surface area contributed by atoms with Crippen LogP contribution in [0.3, 0.4) is 0 Å². The van der Waals surface area contributed by atoms with Crippen LogP contribution >= 0.6 is 0 Å². The van der Waals surface area contributed by atoms with Crippen LogP contribution in [0.5, 0.6) is 0 Å². The predicted octanol–water partition coefficient (Wildman–Crippen LogP) is 1.66. The molecule has 4 unspecified atom stereocenters. The number of carboxylic acid groups (broad SMARTS) is 1. The fourth-order valence-corrected chi connectivity index (χ4v) is 4.28. The Morgan fingerprint density at radius 1 is 1.24 bits per heavy atom. The van der Waals surface area contributed by atoms with Gasteiger partial charge in [0.15, 0.2) is 0 Å². The molecule has 0 aliphatic carbocycles. The van der Waals surface area contributed by atoms with Crippen LogP contribution in [-0.2, 0) is 9.59 Å². The molecule has 0 radical (unpaired) electrons. The summed E-state index contributed by atoms with van der Waals surface area (Å²) in [5.41, 5.74) is 2.07. The quantitative estimate of drug-likeness (QED) is 0.867. The minimum Gasteiger partial charge on any atom is -0.481 e. The van der Waals surface area contributed by atoms with Gasteiger partial charge in [0, 0.05) is 24.3 Å². The van der Waals surface area contributed by atoms with Gasteiger partial charge in [-0.25, -0.2) is 0 Å². The Hall–Kier alpha value is -2.04. The van der Waals surface area contributed by atoms with Crippen molar-refractivity contribution in [2.75, 3.05) is 11.9 Å². The number of nitrogens with one attached hydrogen (secondary N) is 1. The highest BCUT2D eigenvalue weighted by molar-refractivity contribution is 5.90. The van der Waals surface area contributed by atoms with Gasteiger partial charge in [-0.3, -0.25) is 9.59 Å². The molecule has 5 nitrogen and oxygen atoms in total. The lowest BCUT2D eigenvalue weighted by Crippen LogP contribution is -2.41. The van der Waals surface area contributed by atoms with E-state index in [1.165, 1.54) is 0 Å². The molecule has 1 aromatic rings. The van der Waals surface area contributed by atoms with Crippen LogP contribution in [0.15, 0.2) is 24.3 Å². The molecule has 2 N–H and O–H groups in total. The summed E-state index contributed by atoms with van der Waals surface area (Å²) in [5, 5.41) is 12.6. The summed E-state index contributed by atoms with van der Waals surface area (Å²) < 4.78 is 0. The second-order valence-electron chi connectivity index (χ2n) is 6.25. The van der Waals surface area contributed by atoms with Gasteiger partial charge in [0.2, 0.25) is 5.91 Å². The fraction of sp³-hybridized carbons (Fsp3) is 0.500. The number of anilines is 1. The van der Waals surface area contributed by atoms with Crippen molar-refractivity contribution in [3.05, 3.63) is 29.8 Å². The topological polar surface area (TPSA) is 69.6 Å². The van der Waals surface area contributed by atoms with Crippen molar-refractivity contribution in [3.8, 4) is 0 Å². The van der Waals surface area contributed by atoms with Crippen molar-refractivity contribution in [2.24, 2.45) is 5.92 Å². The number of benzene rings is 1. The largest absolute Gasteiger partial charge is 0.481 e. The molecule has 2 saturated heterocycles. The highest BCUT2D eigenvalue weighted by atomic mass is 16.4. The Kier molecular flexibility index (Phi) is 2.71. The molecule has 4 rings (SSSR count). The van der Waals surface area contributed by atoms with Crippen molar-refractivity contribution in [1.29, 1.82) is 0 Å². The van der Waals surface area contributed by atoms with Gasteiger partial charge < -0.3 is 15.3 Å². The first kappa shape index (κ1) is 12.7. The molecule has 2 fully saturated rings.